The number of carbonyl (C=O) groups excluding carboxylic acids is 1. The fourth-order valence-corrected chi connectivity index (χ4v) is 6.70. The van der Waals surface area contributed by atoms with E-state index in [1.54, 1.807) is 41.5 Å². The molecule has 1 aromatic heterocycles. The summed E-state index contributed by atoms with van der Waals surface area (Å²) in [7, 11) is -2.05. The van der Waals surface area contributed by atoms with Gasteiger partial charge in [-0.2, -0.15) is 0 Å². The number of fused-ring (bicyclic) bond motifs is 2. The lowest BCUT2D eigenvalue weighted by molar-refractivity contribution is 0.0742. The van der Waals surface area contributed by atoms with Crippen LogP contribution in [0.2, 0.25) is 0 Å². The number of sulfonamides is 1. The largest absolute Gasteiger partial charge is 0.333 e. The Bertz CT molecular complexity index is 1430. The molecular weight excluding hydrogens is 454 g/mol. The molecule has 0 aliphatic carbocycles. The Hall–Kier alpha value is -3.23. The van der Waals surface area contributed by atoms with E-state index in [2.05, 4.69) is 4.98 Å². The van der Waals surface area contributed by atoms with Crippen LogP contribution < -0.4 is 4.31 Å². The molecule has 0 radical (unpaired) electrons. The molecule has 0 saturated carbocycles. The van der Waals surface area contributed by atoms with Crippen LogP contribution in [-0.4, -0.2) is 37.8 Å². The summed E-state index contributed by atoms with van der Waals surface area (Å²) in [6.45, 7) is 2.33. The molecule has 0 saturated heterocycles. The second-order valence-electron chi connectivity index (χ2n) is 8.10. The van der Waals surface area contributed by atoms with Crippen molar-refractivity contribution in [2.75, 3.05) is 17.9 Å². The van der Waals surface area contributed by atoms with Crippen molar-refractivity contribution < 1.29 is 13.2 Å². The van der Waals surface area contributed by atoms with E-state index in [0.717, 1.165) is 20.8 Å². The number of hydrogen-bond acceptors (Lipinski definition) is 5. The first-order valence-corrected chi connectivity index (χ1v) is 13.0. The highest BCUT2D eigenvalue weighted by Crippen LogP contribution is 2.33. The standard InChI is InChI=1S/C25H23N3O3S2/c1-17(24-26-21-11-4-6-13-23(21)32-24)27(2)25(29)19-9-7-10-20(16-19)33(30,31)28-15-14-18-8-3-5-12-22(18)28/h3-13,16-17H,14-15H2,1-2H3. The maximum atomic E-state index is 13.4. The third-order valence-corrected chi connectivity index (χ3v) is 9.10. The van der Waals surface area contributed by atoms with Crippen molar-refractivity contribution in [2.45, 2.75) is 24.3 Å². The molecule has 4 aromatic rings. The van der Waals surface area contributed by atoms with Crippen LogP contribution in [0.4, 0.5) is 5.69 Å². The van der Waals surface area contributed by atoms with Gasteiger partial charge in [0.05, 0.1) is 26.8 Å². The van der Waals surface area contributed by atoms with Gasteiger partial charge in [0, 0.05) is 19.2 Å². The summed E-state index contributed by atoms with van der Waals surface area (Å²) in [5, 5.41) is 0.837. The first kappa shape index (κ1) is 21.6. The first-order valence-electron chi connectivity index (χ1n) is 10.7. The molecule has 8 heteroatoms. The number of rotatable bonds is 5. The zero-order valence-corrected chi connectivity index (χ0v) is 19.9. The van der Waals surface area contributed by atoms with Crippen LogP contribution in [0.3, 0.4) is 0 Å². The Morgan fingerprint density at radius 1 is 1.06 bits per heavy atom. The van der Waals surface area contributed by atoms with Crippen molar-refractivity contribution in [1.82, 2.24) is 9.88 Å². The summed E-state index contributed by atoms with van der Waals surface area (Å²) < 4.78 is 29.3. The lowest BCUT2D eigenvalue weighted by Gasteiger charge is -2.24. The number of aromatic nitrogens is 1. The van der Waals surface area contributed by atoms with E-state index in [0.29, 0.717) is 24.2 Å². The SMILES string of the molecule is CC(c1nc2ccccc2s1)N(C)C(=O)c1cccc(S(=O)(=O)N2CCc3ccccc32)c1. The smallest absolute Gasteiger partial charge is 0.264 e. The number of anilines is 1. The highest BCUT2D eigenvalue weighted by atomic mass is 32.2. The van der Waals surface area contributed by atoms with E-state index in [9.17, 15) is 13.2 Å². The minimum absolute atomic E-state index is 0.117. The van der Waals surface area contributed by atoms with Gasteiger partial charge in [-0.15, -0.1) is 11.3 Å². The molecule has 1 aliphatic heterocycles. The molecular formula is C25H23N3O3S2. The van der Waals surface area contributed by atoms with Crippen LogP contribution in [0.1, 0.15) is 33.9 Å². The van der Waals surface area contributed by atoms with Crippen LogP contribution in [0.25, 0.3) is 10.2 Å². The van der Waals surface area contributed by atoms with Gasteiger partial charge in [-0.1, -0.05) is 36.4 Å². The highest BCUT2D eigenvalue weighted by molar-refractivity contribution is 7.92. The molecule has 1 unspecified atom stereocenters. The molecule has 0 fully saturated rings. The number of thiazole rings is 1. The topological polar surface area (TPSA) is 70.6 Å². The summed E-state index contributed by atoms with van der Waals surface area (Å²) in [6.07, 6.45) is 0.677. The van der Waals surface area contributed by atoms with Gasteiger partial charge in [-0.3, -0.25) is 9.10 Å². The van der Waals surface area contributed by atoms with Crippen LogP contribution in [0.5, 0.6) is 0 Å². The van der Waals surface area contributed by atoms with Crippen molar-refractivity contribution in [3.8, 4) is 0 Å². The minimum atomic E-state index is -3.77. The predicted molar refractivity (Wildman–Crippen MR) is 131 cm³/mol. The Kier molecular flexibility index (Phi) is 5.42. The van der Waals surface area contributed by atoms with Gasteiger partial charge in [-0.25, -0.2) is 13.4 Å². The fourth-order valence-electron chi connectivity index (χ4n) is 4.09. The van der Waals surface area contributed by atoms with E-state index in [4.69, 9.17) is 0 Å². The molecule has 1 aliphatic rings. The average molecular weight is 478 g/mol. The summed E-state index contributed by atoms with van der Waals surface area (Å²) in [5.74, 6) is -0.249. The monoisotopic (exact) mass is 477 g/mol. The molecule has 1 amide bonds. The number of hydrogen-bond donors (Lipinski definition) is 0. The maximum Gasteiger partial charge on any atom is 0.264 e. The van der Waals surface area contributed by atoms with Crippen LogP contribution >= 0.6 is 11.3 Å². The summed E-state index contributed by atoms with van der Waals surface area (Å²) >= 11 is 1.56. The Morgan fingerprint density at radius 2 is 1.82 bits per heavy atom. The molecule has 5 rings (SSSR count). The highest BCUT2D eigenvalue weighted by Gasteiger charge is 2.31. The Morgan fingerprint density at radius 3 is 2.64 bits per heavy atom. The van der Waals surface area contributed by atoms with E-state index in [-0.39, 0.29) is 16.8 Å². The second-order valence-corrected chi connectivity index (χ2v) is 11.0. The van der Waals surface area contributed by atoms with Crippen molar-refractivity contribution >= 4 is 43.2 Å². The molecule has 6 nitrogen and oxygen atoms in total. The van der Waals surface area contributed by atoms with Gasteiger partial charge in [-0.05, 0) is 55.3 Å². The number of amides is 1. The number of carbonyl (C=O) groups is 1. The van der Waals surface area contributed by atoms with Crippen molar-refractivity contribution in [3.05, 3.63) is 88.9 Å². The fraction of sp³-hybridized carbons (Fsp3) is 0.200. The van der Waals surface area contributed by atoms with Crippen molar-refractivity contribution in [1.29, 1.82) is 0 Å². The van der Waals surface area contributed by atoms with Crippen molar-refractivity contribution in [2.24, 2.45) is 0 Å². The molecule has 0 bridgehead atoms. The van der Waals surface area contributed by atoms with Gasteiger partial charge >= 0.3 is 0 Å². The van der Waals surface area contributed by atoms with Crippen LogP contribution in [0.15, 0.2) is 77.7 Å². The third-order valence-electron chi connectivity index (χ3n) is 6.08. The first-order chi connectivity index (χ1) is 15.9. The predicted octanol–water partition coefficient (Wildman–Crippen LogP) is 4.88. The minimum Gasteiger partial charge on any atom is -0.333 e. The summed E-state index contributed by atoms with van der Waals surface area (Å²) in [4.78, 5) is 19.7. The van der Waals surface area contributed by atoms with E-state index >= 15 is 0 Å². The summed E-state index contributed by atoms with van der Waals surface area (Å²) in [6, 6.07) is 21.4. The van der Waals surface area contributed by atoms with Gasteiger partial charge in [0.15, 0.2) is 0 Å². The quantitative estimate of drug-likeness (QED) is 0.411. The molecule has 0 spiro atoms. The van der Waals surface area contributed by atoms with Gasteiger partial charge in [0.25, 0.3) is 15.9 Å². The van der Waals surface area contributed by atoms with Gasteiger partial charge in [0.1, 0.15) is 5.01 Å². The molecule has 3 aromatic carbocycles. The molecule has 168 valence electrons. The van der Waals surface area contributed by atoms with E-state index in [1.807, 2.05) is 55.5 Å². The van der Waals surface area contributed by atoms with Crippen LogP contribution in [-0.2, 0) is 16.4 Å². The van der Waals surface area contributed by atoms with Crippen molar-refractivity contribution in [3.63, 3.8) is 0 Å². The third kappa shape index (κ3) is 3.79. The maximum absolute atomic E-state index is 13.4. The molecule has 1 atom stereocenters. The molecule has 2 heterocycles. The zero-order chi connectivity index (χ0) is 23.2. The zero-order valence-electron chi connectivity index (χ0n) is 18.3. The number of nitrogens with zero attached hydrogens (tertiary/aromatic N) is 3. The Balaban J connectivity index is 1.42. The van der Waals surface area contributed by atoms with Crippen LogP contribution in [0, 0.1) is 0 Å². The van der Waals surface area contributed by atoms with E-state index < -0.39 is 10.0 Å². The second kappa shape index (κ2) is 8.28. The molecule has 0 N–H and O–H groups in total. The summed E-state index contributed by atoms with van der Waals surface area (Å²) in [5.41, 5.74) is 2.96. The normalized spacial score (nSPS) is 14.3. The Labute approximate surface area is 197 Å². The molecule has 33 heavy (non-hydrogen) atoms. The lowest BCUT2D eigenvalue weighted by Crippen LogP contribution is -2.31. The number of benzene rings is 3. The lowest BCUT2D eigenvalue weighted by atomic mass is 10.2. The van der Waals surface area contributed by atoms with Gasteiger partial charge < -0.3 is 4.90 Å². The van der Waals surface area contributed by atoms with E-state index in [1.165, 1.54) is 10.4 Å². The van der Waals surface area contributed by atoms with Gasteiger partial charge in [0.2, 0.25) is 0 Å². The number of para-hydroxylation sites is 2. The average Bonchev–Trinajstić information content (AvgIpc) is 3.47.